The van der Waals surface area contributed by atoms with E-state index in [1.165, 1.54) is 5.56 Å². The molecular weight excluding hydrogens is 190 g/mol. The summed E-state index contributed by atoms with van der Waals surface area (Å²) in [5.74, 6) is 0. The van der Waals surface area contributed by atoms with Crippen LogP contribution in [0.15, 0.2) is 18.2 Å². The molecule has 0 unspecified atom stereocenters. The van der Waals surface area contributed by atoms with Gasteiger partial charge in [-0.15, -0.1) is 0 Å². The molecule has 2 rings (SSSR count). The molecule has 4 N–H and O–H groups in total. The molecule has 0 aliphatic heterocycles. The average molecular weight is 205 g/mol. The number of aromatic amines is 1. The second kappa shape index (κ2) is 4.37. The molecule has 5 heteroatoms. The van der Waals surface area contributed by atoms with Gasteiger partial charge >= 0.3 is 0 Å². The summed E-state index contributed by atoms with van der Waals surface area (Å²) in [6.07, 6.45) is 0. The Labute approximate surface area is 88.0 Å². The zero-order valence-electron chi connectivity index (χ0n) is 8.70. The third-order valence-electron chi connectivity index (χ3n) is 2.39. The van der Waals surface area contributed by atoms with Crippen molar-refractivity contribution in [3.8, 4) is 0 Å². The second-order valence-electron chi connectivity index (χ2n) is 3.66. The third-order valence-corrected chi connectivity index (χ3v) is 2.39. The Morgan fingerprint density at radius 3 is 3.00 bits per heavy atom. The van der Waals surface area contributed by atoms with Crippen LogP contribution in [0.5, 0.6) is 0 Å². The van der Waals surface area contributed by atoms with E-state index in [4.69, 9.17) is 5.73 Å². The van der Waals surface area contributed by atoms with Crippen molar-refractivity contribution < 1.29 is 0 Å². The van der Waals surface area contributed by atoms with Gasteiger partial charge in [0.2, 0.25) is 0 Å². The maximum Gasteiger partial charge on any atom is 0.113 e. The Balaban J connectivity index is 2.08. The van der Waals surface area contributed by atoms with Gasteiger partial charge in [-0.1, -0.05) is 6.07 Å². The second-order valence-corrected chi connectivity index (χ2v) is 3.66. The van der Waals surface area contributed by atoms with Gasteiger partial charge in [0, 0.05) is 19.1 Å². The van der Waals surface area contributed by atoms with E-state index in [0.29, 0.717) is 12.6 Å². The average Bonchev–Trinajstić information content (AvgIpc) is 2.72. The van der Waals surface area contributed by atoms with Crippen LogP contribution in [0.2, 0.25) is 0 Å². The molecule has 2 aromatic rings. The molecule has 80 valence electrons. The molecule has 0 radical (unpaired) electrons. The van der Waals surface area contributed by atoms with Crippen molar-refractivity contribution >= 4 is 11.0 Å². The van der Waals surface area contributed by atoms with E-state index in [1.807, 2.05) is 18.2 Å². The van der Waals surface area contributed by atoms with E-state index in [1.54, 1.807) is 0 Å². The molecule has 1 atom stereocenters. The molecule has 0 spiro atoms. The Kier molecular flexibility index (Phi) is 2.94. The summed E-state index contributed by atoms with van der Waals surface area (Å²) < 4.78 is 0. The highest BCUT2D eigenvalue weighted by atomic mass is 15.3. The lowest BCUT2D eigenvalue weighted by atomic mass is 10.2. The van der Waals surface area contributed by atoms with Crippen LogP contribution in [-0.4, -0.2) is 28.0 Å². The molecule has 0 bridgehead atoms. The predicted octanol–water partition coefficient (Wildman–Crippen LogP) is 0.395. The van der Waals surface area contributed by atoms with Crippen LogP contribution in [-0.2, 0) is 6.54 Å². The van der Waals surface area contributed by atoms with E-state index in [2.05, 4.69) is 27.7 Å². The number of aromatic nitrogens is 3. The summed E-state index contributed by atoms with van der Waals surface area (Å²) in [5, 5.41) is 14.0. The van der Waals surface area contributed by atoms with Gasteiger partial charge in [0.15, 0.2) is 0 Å². The molecule has 5 nitrogen and oxygen atoms in total. The zero-order valence-corrected chi connectivity index (χ0v) is 8.70. The van der Waals surface area contributed by atoms with Crippen LogP contribution in [0, 0.1) is 0 Å². The quantitative estimate of drug-likeness (QED) is 0.674. The Morgan fingerprint density at radius 1 is 1.40 bits per heavy atom. The summed E-state index contributed by atoms with van der Waals surface area (Å²) in [5.41, 5.74) is 8.50. The molecule has 0 saturated carbocycles. The van der Waals surface area contributed by atoms with Crippen molar-refractivity contribution in [1.29, 1.82) is 0 Å². The fraction of sp³-hybridized carbons (Fsp3) is 0.400. The van der Waals surface area contributed by atoms with E-state index in [9.17, 15) is 0 Å². The van der Waals surface area contributed by atoms with Gasteiger partial charge in [-0.2, -0.15) is 15.4 Å². The lowest BCUT2D eigenvalue weighted by Crippen LogP contribution is -2.32. The van der Waals surface area contributed by atoms with E-state index in [0.717, 1.165) is 17.6 Å². The Morgan fingerprint density at radius 2 is 2.20 bits per heavy atom. The fourth-order valence-electron chi connectivity index (χ4n) is 1.37. The molecule has 0 aliphatic carbocycles. The van der Waals surface area contributed by atoms with Crippen molar-refractivity contribution in [1.82, 2.24) is 20.7 Å². The summed E-state index contributed by atoms with van der Waals surface area (Å²) in [6, 6.07) is 6.36. The number of fused-ring (bicyclic) bond motifs is 1. The van der Waals surface area contributed by atoms with Crippen molar-refractivity contribution in [2.24, 2.45) is 5.73 Å². The normalized spacial score (nSPS) is 13.2. The van der Waals surface area contributed by atoms with Gasteiger partial charge in [0.25, 0.3) is 0 Å². The molecule has 1 aromatic carbocycles. The number of nitrogens with two attached hydrogens (primary N) is 1. The largest absolute Gasteiger partial charge is 0.329 e. The van der Waals surface area contributed by atoms with Crippen LogP contribution in [0.25, 0.3) is 11.0 Å². The zero-order chi connectivity index (χ0) is 10.7. The van der Waals surface area contributed by atoms with Crippen molar-refractivity contribution in [3.63, 3.8) is 0 Å². The van der Waals surface area contributed by atoms with Crippen LogP contribution >= 0.6 is 0 Å². The van der Waals surface area contributed by atoms with Gasteiger partial charge in [0.1, 0.15) is 11.0 Å². The first-order valence-electron chi connectivity index (χ1n) is 5.02. The highest BCUT2D eigenvalue weighted by Crippen LogP contribution is 2.10. The number of hydrogen-bond donors (Lipinski definition) is 3. The Hall–Kier alpha value is -1.46. The SMILES string of the molecule is C[C@@H](CN)NCc1ccc2n[nH]nc2c1. The minimum Gasteiger partial charge on any atom is -0.329 e. The van der Waals surface area contributed by atoms with E-state index < -0.39 is 0 Å². The number of nitrogens with zero attached hydrogens (tertiary/aromatic N) is 2. The number of rotatable bonds is 4. The lowest BCUT2D eigenvalue weighted by Gasteiger charge is -2.10. The van der Waals surface area contributed by atoms with Crippen LogP contribution in [0.3, 0.4) is 0 Å². The van der Waals surface area contributed by atoms with E-state index >= 15 is 0 Å². The van der Waals surface area contributed by atoms with Gasteiger partial charge in [-0.25, -0.2) is 0 Å². The number of nitrogens with one attached hydrogen (secondary N) is 2. The van der Waals surface area contributed by atoms with Crippen LogP contribution in [0.1, 0.15) is 12.5 Å². The number of benzene rings is 1. The van der Waals surface area contributed by atoms with Crippen molar-refractivity contribution in [2.45, 2.75) is 19.5 Å². The summed E-state index contributed by atoms with van der Waals surface area (Å²) in [7, 11) is 0. The number of H-pyrrole nitrogens is 1. The minimum absolute atomic E-state index is 0.331. The minimum atomic E-state index is 0.331. The molecule has 1 heterocycles. The highest BCUT2D eigenvalue weighted by Gasteiger charge is 2.01. The molecule has 0 amide bonds. The first-order chi connectivity index (χ1) is 7.29. The molecule has 0 aliphatic rings. The number of hydrogen-bond acceptors (Lipinski definition) is 4. The van der Waals surface area contributed by atoms with Gasteiger partial charge in [-0.3, -0.25) is 0 Å². The van der Waals surface area contributed by atoms with Gasteiger partial charge in [-0.05, 0) is 24.6 Å². The summed E-state index contributed by atoms with van der Waals surface area (Å²) in [6.45, 7) is 3.52. The summed E-state index contributed by atoms with van der Waals surface area (Å²) in [4.78, 5) is 0. The van der Waals surface area contributed by atoms with Gasteiger partial charge < -0.3 is 11.1 Å². The van der Waals surface area contributed by atoms with Crippen molar-refractivity contribution in [2.75, 3.05) is 6.54 Å². The predicted molar refractivity (Wildman–Crippen MR) is 59.2 cm³/mol. The van der Waals surface area contributed by atoms with Crippen LogP contribution in [0.4, 0.5) is 0 Å². The Bertz CT molecular complexity index is 436. The topological polar surface area (TPSA) is 79.6 Å². The first-order valence-corrected chi connectivity index (χ1v) is 5.02. The molecule has 0 saturated heterocycles. The maximum atomic E-state index is 5.52. The lowest BCUT2D eigenvalue weighted by molar-refractivity contribution is 0.556. The van der Waals surface area contributed by atoms with Gasteiger partial charge in [0.05, 0.1) is 0 Å². The summed E-state index contributed by atoms with van der Waals surface area (Å²) >= 11 is 0. The molecule has 15 heavy (non-hydrogen) atoms. The molecule has 0 fully saturated rings. The fourth-order valence-corrected chi connectivity index (χ4v) is 1.37. The van der Waals surface area contributed by atoms with Crippen LogP contribution < -0.4 is 11.1 Å². The van der Waals surface area contributed by atoms with E-state index in [-0.39, 0.29) is 0 Å². The standard InChI is InChI=1S/C10H15N5/c1-7(5-11)12-6-8-2-3-9-10(4-8)14-15-13-9/h2-4,7,12H,5-6,11H2,1H3,(H,13,14,15)/t7-/m0/s1. The van der Waals surface area contributed by atoms with Crippen molar-refractivity contribution in [3.05, 3.63) is 23.8 Å². The smallest absolute Gasteiger partial charge is 0.113 e. The maximum absolute atomic E-state index is 5.52. The first kappa shape index (κ1) is 10.1. The highest BCUT2D eigenvalue weighted by molar-refractivity contribution is 5.74. The molecule has 1 aromatic heterocycles. The third kappa shape index (κ3) is 2.31. The molecular formula is C10H15N5. The monoisotopic (exact) mass is 205 g/mol.